The van der Waals surface area contributed by atoms with E-state index in [1.165, 1.54) is 12.3 Å². The van der Waals surface area contributed by atoms with Gasteiger partial charge in [-0.05, 0) is 12.1 Å². The number of aromatic amines is 1. The summed E-state index contributed by atoms with van der Waals surface area (Å²) in [6.45, 7) is 0. The minimum absolute atomic E-state index is 0.0999. The molecule has 21 heavy (non-hydrogen) atoms. The van der Waals surface area contributed by atoms with Crippen molar-refractivity contribution in [3.8, 4) is 0 Å². The Balaban J connectivity index is 2.37. The zero-order valence-corrected chi connectivity index (χ0v) is 11.0. The van der Waals surface area contributed by atoms with Crippen molar-refractivity contribution in [2.24, 2.45) is 0 Å². The Morgan fingerprint density at radius 2 is 2.05 bits per heavy atom. The molecular weight excluding hydrogens is 302 g/mol. The molecule has 0 fully saturated rings. The summed E-state index contributed by atoms with van der Waals surface area (Å²) in [5.41, 5.74) is -0.665. The van der Waals surface area contributed by atoms with Crippen LogP contribution in [0.3, 0.4) is 0 Å². The number of nitro benzene ring substituents is 1. The molecule has 8 nitrogen and oxygen atoms in total. The lowest BCUT2D eigenvalue weighted by Gasteiger charge is -2.07. The van der Waals surface area contributed by atoms with Crippen LogP contribution in [-0.2, 0) is 0 Å². The normalized spacial score (nSPS) is 10.1. The van der Waals surface area contributed by atoms with Gasteiger partial charge in [-0.15, -0.1) is 0 Å². The fraction of sp³-hybridized carbons (Fsp3) is 0. The van der Waals surface area contributed by atoms with Crippen molar-refractivity contribution in [3.63, 3.8) is 0 Å². The maximum atomic E-state index is 11.9. The molecule has 2 rings (SSSR count). The van der Waals surface area contributed by atoms with Gasteiger partial charge in [-0.2, -0.15) is 0 Å². The van der Waals surface area contributed by atoms with Crippen molar-refractivity contribution >= 4 is 34.9 Å². The van der Waals surface area contributed by atoms with Crippen molar-refractivity contribution in [3.05, 3.63) is 56.9 Å². The molecule has 0 saturated heterocycles. The van der Waals surface area contributed by atoms with Gasteiger partial charge < -0.3 is 15.4 Å². The monoisotopic (exact) mass is 309 g/mol. The molecule has 1 aromatic heterocycles. The number of nitrogens with zero attached hydrogens (tertiary/aromatic N) is 1. The van der Waals surface area contributed by atoms with E-state index in [4.69, 9.17) is 16.7 Å². The highest BCUT2D eigenvalue weighted by Gasteiger charge is 2.18. The molecule has 1 aromatic carbocycles. The number of nitrogens with one attached hydrogen (secondary N) is 2. The first kappa shape index (κ1) is 14.5. The van der Waals surface area contributed by atoms with E-state index in [1.807, 2.05) is 0 Å². The Kier molecular flexibility index (Phi) is 3.90. The number of aromatic nitrogens is 1. The topological polar surface area (TPSA) is 125 Å². The van der Waals surface area contributed by atoms with Crippen LogP contribution in [0.4, 0.5) is 11.4 Å². The summed E-state index contributed by atoms with van der Waals surface area (Å²) in [6, 6.07) is 4.42. The molecule has 0 atom stereocenters. The van der Waals surface area contributed by atoms with Gasteiger partial charge in [-0.1, -0.05) is 11.6 Å². The van der Waals surface area contributed by atoms with Crippen molar-refractivity contribution < 1.29 is 19.6 Å². The number of hydrogen-bond donors (Lipinski definition) is 3. The predicted molar refractivity (Wildman–Crippen MR) is 73.8 cm³/mol. The standard InChI is InChI=1S/C12H8ClN3O5/c13-6-3-10(14-5-6)11(17)15-9-4-7(16(20)21)1-2-8(9)12(18)19/h1-5,14H,(H,15,17)(H,18,19). The molecule has 0 aliphatic heterocycles. The molecule has 2 aromatic rings. The van der Waals surface area contributed by atoms with Gasteiger partial charge in [-0.3, -0.25) is 14.9 Å². The van der Waals surface area contributed by atoms with Crippen molar-refractivity contribution in [2.45, 2.75) is 0 Å². The SMILES string of the molecule is O=C(Nc1cc([N+](=O)[O-])ccc1C(=O)O)c1cc(Cl)c[nH]1. The second-order valence-electron chi connectivity index (χ2n) is 3.98. The molecule has 1 heterocycles. The zero-order valence-electron chi connectivity index (χ0n) is 10.3. The van der Waals surface area contributed by atoms with Gasteiger partial charge in [0, 0.05) is 18.3 Å². The van der Waals surface area contributed by atoms with E-state index >= 15 is 0 Å². The second-order valence-corrected chi connectivity index (χ2v) is 4.41. The van der Waals surface area contributed by atoms with Gasteiger partial charge in [0.15, 0.2) is 0 Å². The van der Waals surface area contributed by atoms with Crippen LogP contribution in [0.5, 0.6) is 0 Å². The summed E-state index contributed by atoms with van der Waals surface area (Å²) in [5.74, 6) is -1.98. The Morgan fingerprint density at radius 3 is 2.57 bits per heavy atom. The molecule has 0 spiro atoms. The van der Waals surface area contributed by atoms with Crippen LogP contribution in [-0.4, -0.2) is 26.9 Å². The maximum Gasteiger partial charge on any atom is 0.337 e. The highest BCUT2D eigenvalue weighted by Crippen LogP contribution is 2.23. The van der Waals surface area contributed by atoms with Crippen LogP contribution < -0.4 is 5.32 Å². The minimum Gasteiger partial charge on any atom is -0.478 e. The molecule has 0 radical (unpaired) electrons. The van der Waals surface area contributed by atoms with E-state index in [0.29, 0.717) is 5.02 Å². The van der Waals surface area contributed by atoms with E-state index in [1.54, 1.807) is 0 Å². The molecule has 3 N–H and O–H groups in total. The number of nitro groups is 1. The van der Waals surface area contributed by atoms with Gasteiger partial charge in [-0.25, -0.2) is 4.79 Å². The number of rotatable bonds is 4. The fourth-order valence-corrected chi connectivity index (χ4v) is 1.79. The lowest BCUT2D eigenvalue weighted by atomic mass is 10.1. The second kappa shape index (κ2) is 5.63. The number of hydrogen-bond acceptors (Lipinski definition) is 4. The van der Waals surface area contributed by atoms with Crippen molar-refractivity contribution in [1.82, 2.24) is 4.98 Å². The first-order valence-corrected chi connectivity index (χ1v) is 5.93. The smallest absolute Gasteiger partial charge is 0.337 e. The minimum atomic E-state index is -1.32. The molecule has 0 aliphatic carbocycles. The van der Waals surface area contributed by atoms with E-state index in [2.05, 4.69) is 10.3 Å². The third-order valence-electron chi connectivity index (χ3n) is 2.58. The number of benzene rings is 1. The van der Waals surface area contributed by atoms with Crippen LogP contribution in [0.25, 0.3) is 0 Å². The first-order valence-electron chi connectivity index (χ1n) is 5.55. The number of anilines is 1. The van der Waals surface area contributed by atoms with Crippen LogP contribution in [0.2, 0.25) is 5.02 Å². The summed E-state index contributed by atoms with van der Waals surface area (Å²) >= 11 is 5.66. The lowest BCUT2D eigenvalue weighted by molar-refractivity contribution is -0.384. The number of halogens is 1. The molecule has 1 amide bonds. The highest BCUT2D eigenvalue weighted by molar-refractivity contribution is 6.31. The van der Waals surface area contributed by atoms with E-state index in [9.17, 15) is 19.7 Å². The summed E-state index contributed by atoms with van der Waals surface area (Å²) in [6.07, 6.45) is 1.38. The summed E-state index contributed by atoms with van der Waals surface area (Å²) in [7, 11) is 0. The number of amides is 1. The maximum absolute atomic E-state index is 11.9. The molecule has 0 bridgehead atoms. The number of H-pyrrole nitrogens is 1. The number of non-ortho nitro benzene ring substituents is 1. The number of aromatic carboxylic acids is 1. The van der Waals surface area contributed by atoms with Crippen LogP contribution in [0.15, 0.2) is 30.5 Å². The number of carboxylic acids is 1. The van der Waals surface area contributed by atoms with Crippen LogP contribution in [0.1, 0.15) is 20.8 Å². The molecule has 108 valence electrons. The van der Waals surface area contributed by atoms with Crippen LogP contribution in [0, 0.1) is 10.1 Å². The number of carboxylic acid groups (broad SMARTS) is 1. The number of carbonyl (C=O) groups is 2. The van der Waals surface area contributed by atoms with Crippen molar-refractivity contribution in [2.75, 3.05) is 5.32 Å². The molecule has 9 heteroatoms. The first-order chi connectivity index (χ1) is 9.88. The van der Waals surface area contributed by atoms with E-state index in [0.717, 1.165) is 18.2 Å². The third-order valence-corrected chi connectivity index (χ3v) is 2.80. The van der Waals surface area contributed by atoms with Gasteiger partial charge in [0.25, 0.3) is 11.6 Å². The largest absolute Gasteiger partial charge is 0.478 e. The van der Waals surface area contributed by atoms with Gasteiger partial charge >= 0.3 is 5.97 Å². The fourth-order valence-electron chi connectivity index (χ4n) is 1.62. The third kappa shape index (κ3) is 3.18. The lowest BCUT2D eigenvalue weighted by Crippen LogP contribution is -2.15. The average Bonchev–Trinajstić information content (AvgIpc) is 2.85. The molecule has 0 unspecified atom stereocenters. The molecular formula is C12H8ClN3O5. The number of carbonyl (C=O) groups excluding carboxylic acids is 1. The van der Waals surface area contributed by atoms with Gasteiger partial charge in [0.05, 0.1) is 21.2 Å². The zero-order chi connectivity index (χ0) is 15.6. The Bertz CT molecular complexity index is 740. The quantitative estimate of drug-likeness (QED) is 0.591. The Hall–Kier alpha value is -2.87. The Labute approximate surface area is 122 Å². The van der Waals surface area contributed by atoms with Gasteiger partial charge in [0.2, 0.25) is 0 Å². The summed E-state index contributed by atoms with van der Waals surface area (Å²) in [4.78, 5) is 35.6. The van der Waals surface area contributed by atoms with E-state index in [-0.39, 0.29) is 22.6 Å². The Morgan fingerprint density at radius 1 is 1.33 bits per heavy atom. The summed E-state index contributed by atoms with van der Waals surface area (Å²) < 4.78 is 0. The van der Waals surface area contributed by atoms with E-state index < -0.39 is 16.8 Å². The summed E-state index contributed by atoms with van der Waals surface area (Å²) in [5, 5.41) is 22.4. The molecule has 0 saturated carbocycles. The highest BCUT2D eigenvalue weighted by atomic mass is 35.5. The molecule has 0 aliphatic rings. The van der Waals surface area contributed by atoms with Crippen LogP contribution >= 0.6 is 11.6 Å². The predicted octanol–water partition coefficient (Wildman–Crippen LogP) is 2.53. The van der Waals surface area contributed by atoms with Gasteiger partial charge in [0.1, 0.15) is 5.69 Å². The average molecular weight is 310 g/mol. The van der Waals surface area contributed by atoms with Crippen molar-refractivity contribution in [1.29, 1.82) is 0 Å².